The third-order valence-corrected chi connectivity index (χ3v) is 5.15. The molecule has 0 unspecified atom stereocenters. The molecule has 0 spiro atoms. The number of halogens is 1. The van der Waals surface area contributed by atoms with Crippen LogP contribution in [0.4, 0.5) is 16.6 Å². The second kappa shape index (κ2) is 9.13. The van der Waals surface area contributed by atoms with Gasteiger partial charge in [-0.1, -0.05) is 11.2 Å². The van der Waals surface area contributed by atoms with Gasteiger partial charge in [-0.25, -0.2) is 9.78 Å². The fourth-order valence-corrected chi connectivity index (χ4v) is 3.69. The van der Waals surface area contributed by atoms with E-state index in [9.17, 15) is 4.79 Å². The number of hydrogen-bond donors (Lipinski definition) is 3. The Labute approximate surface area is 195 Å². The fraction of sp³-hybridized carbons (Fsp3) is 0.200. The van der Waals surface area contributed by atoms with Crippen LogP contribution in [-0.2, 0) is 13.1 Å². The number of nitrogens with zero attached hydrogens (tertiary/aromatic N) is 6. The van der Waals surface area contributed by atoms with Gasteiger partial charge in [-0.05, 0) is 35.0 Å². The normalized spacial score (nSPS) is 10.7. The molecule has 0 saturated heterocycles. The SMILES string of the molecule is COc1cc(C#N)ccc1Cn1nc(Br)c2nc(NC(=O)O)nc(NCc3cc(C)on3)c21. The third-order valence-electron chi connectivity index (χ3n) is 4.61. The molecular weight excluding hydrogens is 496 g/mol. The highest BCUT2D eigenvalue weighted by atomic mass is 79.9. The molecule has 4 rings (SSSR count). The number of methoxy groups -OCH3 is 1. The van der Waals surface area contributed by atoms with E-state index in [4.69, 9.17) is 19.6 Å². The van der Waals surface area contributed by atoms with Crippen LogP contribution < -0.4 is 15.4 Å². The van der Waals surface area contributed by atoms with Crippen LogP contribution in [0.15, 0.2) is 33.4 Å². The Balaban J connectivity index is 1.78. The highest BCUT2D eigenvalue weighted by Crippen LogP contribution is 2.30. The summed E-state index contributed by atoms with van der Waals surface area (Å²) in [6.07, 6.45) is -1.29. The van der Waals surface area contributed by atoms with Gasteiger partial charge in [0.05, 0.1) is 31.8 Å². The Morgan fingerprint density at radius 1 is 1.36 bits per heavy atom. The van der Waals surface area contributed by atoms with Gasteiger partial charge in [0, 0.05) is 11.6 Å². The highest BCUT2D eigenvalue weighted by molar-refractivity contribution is 9.10. The molecule has 1 aromatic carbocycles. The van der Waals surface area contributed by atoms with Crippen molar-refractivity contribution in [1.82, 2.24) is 24.9 Å². The number of hydrogen-bond acceptors (Lipinski definition) is 9. The van der Waals surface area contributed by atoms with Crippen molar-refractivity contribution in [2.75, 3.05) is 17.7 Å². The lowest BCUT2D eigenvalue weighted by Gasteiger charge is -2.12. The molecule has 13 heteroatoms. The van der Waals surface area contributed by atoms with E-state index in [2.05, 4.69) is 52.9 Å². The first-order chi connectivity index (χ1) is 15.9. The standard InChI is InChI=1S/C20H17BrN8O4/c1-10-5-13(28-33-10)8-23-18-16-15(24-19(25-18)26-20(30)31)17(21)27-29(16)9-12-4-3-11(7-22)6-14(12)32-2/h3-6H,8-9H2,1-2H3,(H,30,31)(H2,23,24,25,26). The average Bonchev–Trinajstić information content (AvgIpc) is 3.34. The summed E-state index contributed by atoms with van der Waals surface area (Å²) in [5.41, 5.74) is 2.83. The van der Waals surface area contributed by atoms with Crippen molar-refractivity contribution in [3.8, 4) is 11.8 Å². The third kappa shape index (κ3) is 4.70. The molecule has 0 atom stereocenters. The molecule has 1 amide bonds. The number of carboxylic acid groups (broad SMARTS) is 1. The minimum atomic E-state index is -1.29. The molecule has 0 aliphatic carbocycles. The summed E-state index contributed by atoms with van der Waals surface area (Å²) in [6, 6.07) is 8.98. The Morgan fingerprint density at radius 3 is 2.85 bits per heavy atom. The number of nitrogens with one attached hydrogen (secondary N) is 2. The molecule has 3 aromatic heterocycles. The summed E-state index contributed by atoms with van der Waals surface area (Å²) in [6.45, 7) is 2.34. The fourth-order valence-electron chi connectivity index (χ4n) is 3.22. The van der Waals surface area contributed by atoms with E-state index in [1.807, 2.05) is 0 Å². The van der Waals surface area contributed by atoms with Gasteiger partial charge in [0.15, 0.2) is 10.4 Å². The maximum Gasteiger partial charge on any atom is 0.411 e. The van der Waals surface area contributed by atoms with Crippen LogP contribution in [-0.4, -0.2) is 43.2 Å². The van der Waals surface area contributed by atoms with Gasteiger partial charge in [0.1, 0.15) is 28.2 Å². The lowest BCUT2D eigenvalue weighted by atomic mass is 10.1. The summed E-state index contributed by atoms with van der Waals surface area (Å²) in [5, 5.41) is 32.0. The van der Waals surface area contributed by atoms with E-state index < -0.39 is 6.09 Å². The molecule has 0 aliphatic heterocycles. The summed E-state index contributed by atoms with van der Waals surface area (Å²) in [7, 11) is 1.52. The topological polar surface area (TPSA) is 164 Å². The number of nitriles is 1. The number of aromatic nitrogens is 5. The number of amides is 1. The van der Waals surface area contributed by atoms with Gasteiger partial charge in [0.25, 0.3) is 0 Å². The summed E-state index contributed by atoms with van der Waals surface area (Å²) in [5.74, 6) is 1.43. The minimum absolute atomic E-state index is 0.106. The Hall–Kier alpha value is -4.18. The number of carbonyl (C=O) groups is 1. The van der Waals surface area contributed by atoms with Crippen molar-refractivity contribution in [1.29, 1.82) is 5.26 Å². The largest absolute Gasteiger partial charge is 0.496 e. The van der Waals surface area contributed by atoms with E-state index in [-0.39, 0.29) is 19.0 Å². The predicted octanol–water partition coefficient (Wildman–Crippen LogP) is 3.52. The molecule has 3 heterocycles. The van der Waals surface area contributed by atoms with Crippen molar-refractivity contribution in [2.24, 2.45) is 0 Å². The minimum Gasteiger partial charge on any atom is -0.496 e. The van der Waals surface area contributed by atoms with Crippen LogP contribution >= 0.6 is 15.9 Å². The van der Waals surface area contributed by atoms with Gasteiger partial charge in [-0.2, -0.15) is 15.3 Å². The van der Waals surface area contributed by atoms with Crippen LogP contribution in [0.3, 0.4) is 0 Å². The molecule has 4 aromatic rings. The average molecular weight is 513 g/mol. The number of fused-ring (bicyclic) bond motifs is 1. The smallest absolute Gasteiger partial charge is 0.411 e. The van der Waals surface area contributed by atoms with Crippen LogP contribution in [0.5, 0.6) is 5.75 Å². The summed E-state index contributed by atoms with van der Waals surface area (Å²) in [4.78, 5) is 19.8. The van der Waals surface area contributed by atoms with Crippen LogP contribution in [0.25, 0.3) is 11.0 Å². The van der Waals surface area contributed by atoms with Crippen LogP contribution in [0, 0.1) is 18.3 Å². The van der Waals surface area contributed by atoms with Gasteiger partial charge >= 0.3 is 6.09 Å². The van der Waals surface area contributed by atoms with E-state index in [1.54, 1.807) is 35.9 Å². The zero-order valence-electron chi connectivity index (χ0n) is 17.5. The second-order valence-corrected chi connectivity index (χ2v) is 7.64. The Bertz CT molecular complexity index is 1390. The molecule has 12 nitrogen and oxygen atoms in total. The maximum absolute atomic E-state index is 11.1. The van der Waals surface area contributed by atoms with Crippen LogP contribution in [0.1, 0.15) is 22.6 Å². The molecule has 0 bridgehead atoms. The summed E-state index contributed by atoms with van der Waals surface area (Å²) >= 11 is 3.40. The van der Waals surface area contributed by atoms with E-state index in [1.165, 1.54) is 7.11 Å². The van der Waals surface area contributed by atoms with E-state index in [0.29, 0.717) is 44.2 Å². The lowest BCUT2D eigenvalue weighted by molar-refractivity contribution is 0.209. The van der Waals surface area contributed by atoms with E-state index in [0.717, 1.165) is 5.56 Å². The van der Waals surface area contributed by atoms with Gasteiger partial charge in [-0.15, -0.1) is 0 Å². The number of benzene rings is 1. The number of anilines is 2. The van der Waals surface area contributed by atoms with Crippen molar-refractivity contribution >= 4 is 44.8 Å². The first kappa shape index (κ1) is 22.0. The maximum atomic E-state index is 11.1. The lowest BCUT2D eigenvalue weighted by Crippen LogP contribution is -2.13. The van der Waals surface area contributed by atoms with Crippen molar-refractivity contribution in [3.63, 3.8) is 0 Å². The second-order valence-electron chi connectivity index (χ2n) is 6.89. The summed E-state index contributed by atoms with van der Waals surface area (Å²) < 4.78 is 12.6. The number of rotatable bonds is 7. The van der Waals surface area contributed by atoms with Crippen molar-refractivity contribution in [3.05, 3.63) is 51.4 Å². The molecule has 168 valence electrons. The predicted molar refractivity (Wildman–Crippen MR) is 120 cm³/mol. The molecule has 0 saturated carbocycles. The monoisotopic (exact) mass is 512 g/mol. The molecule has 3 N–H and O–H groups in total. The quantitative estimate of drug-likeness (QED) is 0.333. The molecular formula is C20H17BrN8O4. The highest BCUT2D eigenvalue weighted by Gasteiger charge is 2.20. The zero-order chi connectivity index (χ0) is 23.5. The van der Waals surface area contributed by atoms with Gasteiger partial charge < -0.3 is 19.7 Å². The molecule has 0 aliphatic rings. The van der Waals surface area contributed by atoms with Gasteiger partial charge in [0.2, 0.25) is 5.95 Å². The number of aryl methyl sites for hydroxylation is 1. The molecule has 0 radical (unpaired) electrons. The first-order valence-electron chi connectivity index (χ1n) is 9.55. The van der Waals surface area contributed by atoms with Crippen molar-refractivity contribution < 1.29 is 19.2 Å². The van der Waals surface area contributed by atoms with E-state index >= 15 is 0 Å². The Kier molecular flexibility index (Phi) is 6.09. The molecule has 33 heavy (non-hydrogen) atoms. The number of ether oxygens (including phenoxy) is 1. The Morgan fingerprint density at radius 2 is 2.18 bits per heavy atom. The zero-order valence-corrected chi connectivity index (χ0v) is 19.0. The van der Waals surface area contributed by atoms with Crippen LogP contribution in [0.2, 0.25) is 0 Å². The first-order valence-corrected chi connectivity index (χ1v) is 10.3. The van der Waals surface area contributed by atoms with Crippen molar-refractivity contribution in [2.45, 2.75) is 20.0 Å². The van der Waals surface area contributed by atoms with Gasteiger partial charge in [-0.3, -0.25) is 10.00 Å². The molecule has 0 fully saturated rings.